The van der Waals surface area contributed by atoms with Crippen molar-refractivity contribution in [2.24, 2.45) is 29.6 Å². The molecule has 56 heavy (non-hydrogen) atoms. The zero-order valence-electron chi connectivity index (χ0n) is 34.1. The summed E-state index contributed by atoms with van der Waals surface area (Å²) in [5.74, 6) is 1.17. The molecule has 0 spiro atoms. The Morgan fingerprint density at radius 1 is 0.929 bits per heavy atom. The Morgan fingerprint density at radius 3 is 2.43 bits per heavy atom. The van der Waals surface area contributed by atoms with Crippen LogP contribution in [-0.2, 0) is 42.1 Å². The van der Waals surface area contributed by atoms with E-state index in [4.69, 9.17) is 14.2 Å². The molecular weight excluding hydrogens is 705 g/mol. The molecule has 10 nitrogen and oxygen atoms in total. The number of aromatic nitrogens is 2. The van der Waals surface area contributed by atoms with Crippen molar-refractivity contribution in [1.29, 1.82) is 0 Å². The average molecular weight is 763 g/mol. The Balaban J connectivity index is 1.30. The molecule has 10 heteroatoms. The van der Waals surface area contributed by atoms with E-state index in [1.165, 1.54) is 36.4 Å². The van der Waals surface area contributed by atoms with Crippen LogP contribution in [0.4, 0.5) is 0 Å². The van der Waals surface area contributed by atoms with Gasteiger partial charge in [0.05, 0.1) is 32.8 Å². The van der Waals surface area contributed by atoms with Crippen molar-refractivity contribution in [2.75, 3.05) is 41.5 Å². The number of benzene rings is 2. The van der Waals surface area contributed by atoms with E-state index in [0.717, 1.165) is 85.0 Å². The van der Waals surface area contributed by atoms with E-state index in [2.05, 4.69) is 77.1 Å². The fourth-order valence-corrected chi connectivity index (χ4v) is 13.2. The number of rotatable bonds is 8. The Kier molecular flexibility index (Phi) is 9.39. The normalized spacial score (nSPS) is 33.6. The van der Waals surface area contributed by atoms with Gasteiger partial charge in [0.1, 0.15) is 16.9 Å². The maximum atomic E-state index is 14.7. The number of esters is 2. The molecule has 0 amide bonds. The molecular formula is C46H58N4O6. The Bertz CT molecular complexity index is 2210. The van der Waals surface area contributed by atoms with Crippen LogP contribution in [0.1, 0.15) is 93.3 Å². The molecule has 4 fully saturated rings. The first-order valence-electron chi connectivity index (χ1n) is 21.0. The number of piperidine rings is 3. The molecule has 4 aliphatic heterocycles. The number of ketones is 1. The second-order valence-electron chi connectivity index (χ2n) is 17.8. The number of para-hydroxylation sites is 1. The van der Waals surface area contributed by atoms with Gasteiger partial charge >= 0.3 is 11.9 Å². The largest absolute Gasteiger partial charge is 0.496 e. The van der Waals surface area contributed by atoms with Gasteiger partial charge in [0.25, 0.3) is 0 Å². The average Bonchev–Trinajstić information content (AvgIpc) is 3.73. The molecule has 3 saturated heterocycles. The molecule has 11 unspecified atom stereocenters. The number of fused-ring (bicyclic) bond motifs is 9. The van der Waals surface area contributed by atoms with E-state index in [-0.39, 0.29) is 59.5 Å². The topological polar surface area (TPSA) is 117 Å². The summed E-state index contributed by atoms with van der Waals surface area (Å²) in [6.45, 7) is 7.89. The van der Waals surface area contributed by atoms with Crippen molar-refractivity contribution < 1.29 is 28.6 Å². The summed E-state index contributed by atoms with van der Waals surface area (Å²) in [7, 11) is 6.98. The first-order valence-corrected chi connectivity index (χ1v) is 21.0. The van der Waals surface area contributed by atoms with Crippen LogP contribution in [0.25, 0.3) is 21.8 Å². The van der Waals surface area contributed by atoms with E-state index in [9.17, 15) is 14.4 Å². The van der Waals surface area contributed by atoms with Gasteiger partial charge in [0, 0.05) is 76.8 Å². The number of Topliss-reactive ketones (excluding diaryl/α,β-unsaturated/α-hetero) is 1. The molecule has 1 saturated carbocycles. The smallest absolute Gasteiger partial charge is 0.319 e. The van der Waals surface area contributed by atoms with Gasteiger partial charge in [-0.3, -0.25) is 19.3 Å². The van der Waals surface area contributed by atoms with Crippen LogP contribution in [0.15, 0.2) is 36.4 Å². The molecule has 6 aliphatic rings. The molecule has 6 heterocycles. The third-order valence-corrected chi connectivity index (χ3v) is 15.4. The number of nitrogens with zero attached hydrogens (tertiary/aromatic N) is 2. The quantitative estimate of drug-likeness (QED) is 0.186. The Hall–Kier alpha value is -4.15. The molecule has 4 aromatic rings. The van der Waals surface area contributed by atoms with Crippen molar-refractivity contribution in [3.63, 3.8) is 0 Å². The summed E-state index contributed by atoms with van der Waals surface area (Å²) in [6, 6.07) is 12.9. The number of likely N-dealkylation sites (tertiary alicyclic amines) is 1. The van der Waals surface area contributed by atoms with E-state index in [1.54, 1.807) is 14.0 Å². The monoisotopic (exact) mass is 762 g/mol. The molecule has 10 rings (SSSR count). The van der Waals surface area contributed by atoms with Crippen molar-refractivity contribution in [2.45, 2.75) is 102 Å². The third kappa shape index (κ3) is 5.30. The minimum Gasteiger partial charge on any atom is -0.496 e. The number of aromatic amines is 2. The zero-order valence-corrected chi connectivity index (χ0v) is 34.1. The zero-order chi connectivity index (χ0) is 39.2. The van der Waals surface area contributed by atoms with Crippen molar-refractivity contribution in [3.8, 4) is 5.75 Å². The predicted octanol–water partition coefficient (Wildman–Crippen LogP) is 6.92. The van der Waals surface area contributed by atoms with Gasteiger partial charge in [0.15, 0.2) is 0 Å². The summed E-state index contributed by atoms with van der Waals surface area (Å²) in [6.07, 6.45) is 6.34. The van der Waals surface area contributed by atoms with Crippen LogP contribution in [0, 0.1) is 29.6 Å². The number of nitrogens with one attached hydrogen (secondary N) is 2. The first-order chi connectivity index (χ1) is 27.1. The van der Waals surface area contributed by atoms with E-state index < -0.39 is 5.41 Å². The Labute approximate surface area is 330 Å². The lowest BCUT2D eigenvalue weighted by atomic mass is 9.54. The molecule has 2 aromatic heterocycles. The highest BCUT2D eigenvalue weighted by Crippen LogP contribution is 2.59. The van der Waals surface area contributed by atoms with Gasteiger partial charge in [-0.25, -0.2) is 0 Å². The molecule has 0 radical (unpaired) electrons. The number of H-pyrrole nitrogens is 2. The summed E-state index contributed by atoms with van der Waals surface area (Å²) in [5, 5.41) is 2.29. The number of carbonyl (C=O) groups is 3. The number of ether oxygens (including phenoxy) is 3. The summed E-state index contributed by atoms with van der Waals surface area (Å²) >= 11 is 0. The van der Waals surface area contributed by atoms with E-state index >= 15 is 0 Å². The lowest BCUT2D eigenvalue weighted by Crippen LogP contribution is -2.70. The van der Waals surface area contributed by atoms with Crippen molar-refractivity contribution in [3.05, 3.63) is 64.5 Å². The highest BCUT2D eigenvalue weighted by atomic mass is 16.5. The third-order valence-electron chi connectivity index (χ3n) is 15.4. The lowest BCUT2D eigenvalue weighted by molar-refractivity contribution is -0.169. The fraction of sp³-hybridized carbons (Fsp3) is 0.587. The van der Waals surface area contributed by atoms with Crippen LogP contribution in [0.3, 0.4) is 0 Å². The van der Waals surface area contributed by atoms with Gasteiger partial charge in [-0.15, -0.1) is 0 Å². The highest BCUT2D eigenvalue weighted by molar-refractivity contribution is 5.95. The number of likely N-dealkylation sites (N-methyl/N-ethyl adjacent to an activating group) is 1. The van der Waals surface area contributed by atoms with E-state index in [1.807, 2.05) is 0 Å². The standard InChI is InChI=1S/C46H58N4O6/c1-8-25-19-27-22-46(45(53)56-7)42-30(16-17-50(43(25)46)35(27)18-24(3)51)29-14-15-37(54-5)39(41(29)48-42)33-20-31-26(9-2)23-49(4)36(38(31)44(52)55-6)21-32-28-12-10-11-13-34(28)47-40(32)33/h10-15,25-27,31,33,35-36,38,43,47-48H,8-9,16-23H2,1-7H3. The SMILES string of the molecule is CCC1CN(C)C2Cc3c([nH]c4ccccc34)C(c3c(OC)ccc4c5c([nH]c34)C3(C(=O)OC)CC4CC(CC)C3N(CC5)C4CC(C)=O)CC1C2C(=O)OC. The molecule has 298 valence electrons. The first kappa shape index (κ1) is 37.4. The summed E-state index contributed by atoms with van der Waals surface area (Å²) in [5.41, 5.74) is 6.83. The fourth-order valence-electron chi connectivity index (χ4n) is 13.2. The maximum Gasteiger partial charge on any atom is 0.319 e. The van der Waals surface area contributed by atoms with Crippen molar-refractivity contribution >= 4 is 39.5 Å². The van der Waals surface area contributed by atoms with Crippen LogP contribution in [0.2, 0.25) is 0 Å². The van der Waals surface area contributed by atoms with E-state index in [0.29, 0.717) is 24.7 Å². The molecule has 2 aromatic carbocycles. The minimum absolute atomic E-state index is 0.0105. The summed E-state index contributed by atoms with van der Waals surface area (Å²) in [4.78, 5) is 54.2. The predicted molar refractivity (Wildman–Crippen MR) is 216 cm³/mol. The Morgan fingerprint density at radius 2 is 1.71 bits per heavy atom. The summed E-state index contributed by atoms with van der Waals surface area (Å²) < 4.78 is 17.8. The van der Waals surface area contributed by atoms with Gasteiger partial charge in [-0.05, 0) is 99.1 Å². The molecule has 11 atom stereocenters. The van der Waals surface area contributed by atoms with Crippen LogP contribution >= 0.6 is 0 Å². The molecule has 2 N–H and O–H groups in total. The number of methoxy groups -OCH3 is 3. The number of carbonyl (C=O) groups excluding carboxylic acids is 3. The maximum absolute atomic E-state index is 14.7. The van der Waals surface area contributed by atoms with Crippen LogP contribution in [-0.4, -0.2) is 97.1 Å². The lowest BCUT2D eigenvalue weighted by Gasteiger charge is -2.61. The highest BCUT2D eigenvalue weighted by Gasteiger charge is 2.65. The van der Waals surface area contributed by atoms with Crippen LogP contribution < -0.4 is 4.74 Å². The number of hydrogen-bond donors (Lipinski definition) is 2. The molecule has 6 bridgehead atoms. The second-order valence-corrected chi connectivity index (χ2v) is 17.8. The second kappa shape index (κ2) is 14.0. The van der Waals surface area contributed by atoms with Gasteiger partial charge in [0.2, 0.25) is 0 Å². The molecule has 2 aliphatic carbocycles. The van der Waals surface area contributed by atoms with Gasteiger partial charge in [-0.1, -0.05) is 44.9 Å². The van der Waals surface area contributed by atoms with Crippen LogP contribution in [0.5, 0.6) is 5.75 Å². The van der Waals surface area contributed by atoms with Gasteiger partial charge < -0.3 is 29.1 Å². The van der Waals surface area contributed by atoms with Crippen molar-refractivity contribution in [1.82, 2.24) is 19.8 Å². The minimum atomic E-state index is -0.890. The van der Waals surface area contributed by atoms with Gasteiger partial charge in [-0.2, -0.15) is 0 Å². The number of hydrogen-bond acceptors (Lipinski definition) is 8.